The third kappa shape index (κ3) is 4.01. The third-order valence-electron chi connectivity index (χ3n) is 3.88. The van der Waals surface area contributed by atoms with Crippen LogP contribution in [0.25, 0.3) is 15.9 Å². The molecular formula is C18H13ClFN5OS2. The van der Waals surface area contributed by atoms with Crippen LogP contribution < -0.4 is 5.32 Å². The maximum atomic E-state index is 13.3. The molecule has 0 unspecified atom stereocenters. The topological polar surface area (TPSA) is 72.7 Å². The SMILES string of the molecule is Cc1ccc(-n2cnnc2SCC(=O)Nc2nc3ccc(F)cc3s2)cc1Cl. The lowest BCUT2D eigenvalue weighted by atomic mass is 10.2. The molecule has 4 aromatic rings. The number of hydrogen-bond donors (Lipinski definition) is 1. The molecule has 0 aliphatic heterocycles. The van der Waals surface area contributed by atoms with E-state index in [1.165, 1.54) is 35.2 Å². The maximum absolute atomic E-state index is 13.3. The molecule has 1 N–H and O–H groups in total. The lowest BCUT2D eigenvalue weighted by Gasteiger charge is -2.07. The molecular weight excluding hydrogens is 421 g/mol. The van der Waals surface area contributed by atoms with Gasteiger partial charge in [-0.15, -0.1) is 10.2 Å². The van der Waals surface area contributed by atoms with Crippen LogP contribution in [0, 0.1) is 12.7 Å². The first-order valence-corrected chi connectivity index (χ1v) is 10.3. The van der Waals surface area contributed by atoms with Crippen molar-refractivity contribution in [3.8, 4) is 5.69 Å². The number of anilines is 1. The van der Waals surface area contributed by atoms with Crippen LogP contribution >= 0.6 is 34.7 Å². The fraction of sp³-hybridized carbons (Fsp3) is 0.111. The lowest BCUT2D eigenvalue weighted by molar-refractivity contribution is -0.113. The van der Waals surface area contributed by atoms with E-state index in [4.69, 9.17) is 11.6 Å². The smallest absolute Gasteiger partial charge is 0.236 e. The number of thioether (sulfide) groups is 1. The van der Waals surface area contributed by atoms with Crippen LogP contribution in [-0.4, -0.2) is 31.4 Å². The first-order chi connectivity index (χ1) is 13.5. The summed E-state index contributed by atoms with van der Waals surface area (Å²) in [4.78, 5) is 16.6. The number of fused-ring (bicyclic) bond motifs is 1. The molecule has 6 nitrogen and oxygen atoms in total. The predicted octanol–water partition coefficient (Wildman–Crippen LogP) is 4.71. The van der Waals surface area contributed by atoms with Crippen molar-refractivity contribution in [3.05, 3.63) is 59.1 Å². The minimum absolute atomic E-state index is 0.128. The molecule has 0 aliphatic carbocycles. The molecule has 0 aliphatic rings. The number of hydrogen-bond acceptors (Lipinski definition) is 6. The Hall–Kier alpha value is -2.49. The van der Waals surface area contributed by atoms with Crippen LogP contribution in [0.3, 0.4) is 0 Å². The number of nitrogens with one attached hydrogen (secondary N) is 1. The normalized spacial score (nSPS) is 11.1. The molecule has 2 aromatic carbocycles. The first kappa shape index (κ1) is 18.9. The van der Waals surface area contributed by atoms with Crippen LogP contribution in [0.15, 0.2) is 47.9 Å². The Bertz CT molecular complexity index is 1180. The van der Waals surface area contributed by atoms with E-state index in [-0.39, 0.29) is 17.5 Å². The molecule has 0 atom stereocenters. The van der Waals surface area contributed by atoms with Gasteiger partial charge in [-0.2, -0.15) is 0 Å². The second-order valence-corrected chi connectivity index (χ2v) is 8.27. The van der Waals surface area contributed by atoms with Gasteiger partial charge < -0.3 is 5.32 Å². The maximum Gasteiger partial charge on any atom is 0.236 e. The number of amides is 1. The van der Waals surface area contributed by atoms with Gasteiger partial charge in [-0.05, 0) is 42.8 Å². The van der Waals surface area contributed by atoms with Crippen molar-refractivity contribution in [2.24, 2.45) is 0 Å². The number of thiazole rings is 1. The van der Waals surface area contributed by atoms with E-state index in [0.717, 1.165) is 11.3 Å². The predicted molar refractivity (Wildman–Crippen MR) is 110 cm³/mol. The molecule has 0 radical (unpaired) electrons. The fourth-order valence-corrected chi connectivity index (χ4v) is 4.28. The summed E-state index contributed by atoms with van der Waals surface area (Å²) in [5.41, 5.74) is 2.44. The molecule has 0 saturated heterocycles. The van der Waals surface area contributed by atoms with E-state index in [1.807, 2.05) is 25.1 Å². The average molecular weight is 434 g/mol. The van der Waals surface area contributed by atoms with E-state index >= 15 is 0 Å². The molecule has 0 spiro atoms. The average Bonchev–Trinajstić information content (AvgIpc) is 3.28. The Labute approximate surface area is 172 Å². The van der Waals surface area contributed by atoms with Crippen molar-refractivity contribution in [3.63, 3.8) is 0 Å². The van der Waals surface area contributed by atoms with Crippen molar-refractivity contribution in [1.29, 1.82) is 0 Å². The molecule has 2 heterocycles. The van der Waals surface area contributed by atoms with Gasteiger partial charge in [0.25, 0.3) is 0 Å². The molecule has 28 heavy (non-hydrogen) atoms. The Morgan fingerprint density at radius 2 is 2.18 bits per heavy atom. The highest BCUT2D eigenvalue weighted by Crippen LogP contribution is 2.27. The van der Waals surface area contributed by atoms with E-state index in [2.05, 4.69) is 20.5 Å². The summed E-state index contributed by atoms with van der Waals surface area (Å²) in [6, 6.07) is 9.97. The van der Waals surface area contributed by atoms with Gasteiger partial charge in [-0.1, -0.05) is 40.8 Å². The van der Waals surface area contributed by atoms with E-state index in [0.29, 0.717) is 25.5 Å². The molecule has 142 valence electrons. The monoisotopic (exact) mass is 433 g/mol. The van der Waals surface area contributed by atoms with Gasteiger partial charge in [0.1, 0.15) is 12.1 Å². The largest absolute Gasteiger partial charge is 0.301 e. The zero-order valence-corrected chi connectivity index (χ0v) is 16.9. The third-order valence-corrected chi connectivity index (χ3v) is 6.16. The van der Waals surface area contributed by atoms with Crippen LogP contribution in [-0.2, 0) is 4.79 Å². The molecule has 1 amide bonds. The number of benzene rings is 2. The quantitative estimate of drug-likeness (QED) is 0.461. The molecule has 0 bridgehead atoms. The Morgan fingerprint density at radius 1 is 1.32 bits per heavy atom. The Balaban J connectivity index is 1.43. The number of aromatic nitrogens is 4. The van der Waals surface area contributed by atoms with Gasteiger partial charge in [-0.3, -0.25) is 9.36 Å². The number of aryl methyl sites for hydroxylation is 1. The first-order valence-electron chi connectivity index (χ1n) is 8.15. The van der Waals surface area contributed by atoms with E-state index in [1.54, 1.807) is 17.0 Å². The van der Waals surface area contributed by atoms with Crippen molar-refractivity contribution < 1.29 is 9.18 Å². The lowest BCUT2D eigenvalue weighted by Crippen LogP contribution is -2.14. The van der Waals surface area contributed by atoms with Crippen molar-refractivity contribution in [2.45, 2.75) is 12.1 Å². The zero-order valence-electron chi connectivity index (χ0n) is 14.5. The molecule has 4 rings (SSSR count). The molecule has 0 saturated carbocycles. The Morgan fingerprint density at radius 3 is 3.00 bits per heavy atom. The molecule has 10 heteroatoms. The Kier molecular flexibility index (Phi) is 5.29. The van der Waals surface area contributed by atoms with Crippen molar-refractivity contribution >= 4 is 56.0 Å². The number of rotatable bonds is 5. The highest BCUT2D eigenvalue weighted by Gasteiger charge is 2.13. The van der Waals surface area contributed by atoms with Gasteiger partial charge in [0.2, 0.25) is 5.91 Å². The van der Waals surface area contributed by atoms with Crippen molar-refractivity contribution in [1.82, 2.24) is 19.7 Å². The van der Waals surface area contributed by atoms with Crippen LogP contribution in [0.4, 0.5) is 9.52 Å². The summed E-state index contributed by atoms with van der Waals surface area (Å²) in [5.74, 6) is -0.441. The summed E-state index contributed by atoms with van der Waals surface area (Å²) < 4.78 is 15.7. The highest BCUT2D eigenvalue weighted by atomic mass is 35.5. The van der Waals surface area contributed by atoms with Crippen LogP contribution in [0.5, 0.6) is 0 Å². The summed E-state index contributed by atoms with van der Waals surface area (Å²) in [7, 11) is 0. The van der Waals surface area contributed by atoms with Crippen LogP contribution in [0.1, 0.15) is 5.56 Å². The minimum Gasteiger partial charge on any atom is -0.301 e. The zero-order chi connectivity index (χ0) is 19.7. The summed E-state index contributed by atoms with van der Waals surface area (Å²) in [6.07, 6.45) is 1.57. The summed E-state index contributed by atoms with van der Waals surface area (Å²) >= 11 is 8.66. The second-order valence-electron chi connectivity index (χ2n) is 5.88. The fourth-order valence-electron chi connectivity index (χ4n) is 2.47. The van der Waals surface area contributed by atoms with Gasteiger partial charge in [0.15, 0.2) is 10.3 Å². The number of carbonyl (C=O) groups excluding carboxylic acids is 1. The minimum atomic E-state index is -0.333. The van der Waals surface area contributed by atoms with Gasteiger partial charge in [0.05, 0.1) is 21.7 Å². The standard InChI is InChI=1S/C18H13ClFN5OS2/c1-10-2-4-12(7-13(10)19)25-9-21-24-18(25)27-8-16(26)23-17-22-14-5-3-11(20)6-15(14)28-17/h2-7,9H,8H2,1H3,(H,22,23,26). The van der Waals surface area contributed by atoms with E-state index < -0.39 is 0 Å². The molecule has 0 fully saturated rings. The highest BCUT2D eigenvalue weighted by molar-refractivity contribution is 7.99. The van der Waals surface area contributed by atoms with Crippen molar-refractivity contribution in [2.75, 3.05) is 11.1 Å². The molecule has 2 aromatic heterocycles. The number of halogens is 2. The number of carbonyl (C=O) groups is 1. The van der Waals surface area contributed by atoms with Gasteiger partial charge in [-0.25, -0.2) is 9.37 Å². The van der Waals surface area contributed by atoms with Crippen LogP contribution in [0.2, 0.25) is 5.02 Å². The van der Waals surface area contributed by atoms with E-state index in [9.17, 15) is 9.18 Å². The van der Waals surface area contributed by atoms with Gasteiger partial charge in [0, 0.05) is 5.02 Å². The number of nitrogens with zero attached hydrogens (tertiary/aromatic N) is 4. The van der Waals surface area contributed by atoms with Gasteiger partial charge >= 0.3 is 0 Å². The second kappa shape index (κ2) is 7.86. The summed E-state index contributed by atoms with van der Waals surface area (Å²) in [5, 5.41) is 12.4. The summed E-state index contributed by atoms with van der Waals surface area (Å²) in [6.45, 7) is 1.93.